The molecule has 5 heteroatoms. The first-order valence-electron chi connectivity index (χ1n) is 7.47. The maximum absolute atomic E-state index is 13.6. The second-order valence-electron chi connectivity index (χ2n) is 5.62. The number of hydrogen-bond donors (Lipinski definition) is 0. The van der Waals surface area contributed by atoms with Crippen LogP contribution in [0, 0.1) is 11.6 Å². The van der Waals surface area contributed by atoms with Crippen LogP contribution in [0.25, 0.3) is 0 Å². The smallest absolute Gasteiger partial charge is 0.233 e. The first-order chi connectivity index (χ1) is 11.1. The molecule has 0 N–H and O–H groups in total. The fourth-order valence-electron chi connectivity index (χ4n) is 2.94. The number of thioether (sulfide) groups is 1. The number of amides is 1. The van der Waals surface area contributed by atoms with Crippen LogP contribution in [0.15, 0.2) is 47.4 Å². The van der Waals surface area contributed by atoms with Crippen molar-refractivity contribution in [2.75, 3.05) is 12.8 Å². The lowest BCUT2D eigenvalue weighted by atomic mass is 10.1. The second-order valence-corrected chi connectivity index (χ2v) is 6.64. The first kappa shape index (κ1) is 16.0. The first-order valence-corrected chi connectivity index (χ1v) is 8.46. The number of carbonyl (C=O) groups excluding carboxylic acids is 1. The third kappa shape index (κ3) is 3.39. The molecule has 0 radical (unpaired) electrons. The van der Waals surface area contributed by atoms with Crippen LogP contribution in [0.3, 0.4) is 0 Å². The molecule has 0 unspecified atom stereocenters. The maximum Gasteiger partial charge on any atom is 0.233 e. The minimum Gasteiger partial charge on any atom is -0.338 e. The minimum atomic E-state index is -0.628. The zero-order chi connectivity index (χ0) is 16.4. The summed E-state index contributed by atoms with van der Waals surface area (Å²) in [5.41, 5.74) is 2.48. The molecule has 3 rings (SSSR count). The normalized spacial score (nSPS) is 16.2. The van der Waals surface area contributed by atoms with Crippen molar-refractivity contribution in [1.29, 1.82) is 0 Å². The zero-order valence-corrected chi connectivity index (χ0v) is 13.6. The third-order valence-electron chi connectivity index (χ3n) is 4.21. The third-order valence-corrected chi connectivity index (χ3v) is 5.24. The lowest BCUT2D eigenvalue weighted by molar-refractivity contribution is -0.129. The summed E-state index contributed by atoms with van der Waals surface area (Å²) in [5.74, 6) is -1.16. The molecule has 0 bridgehead atoms. The molecule has 1 aliphatic rings. The van der Waals surface area contributed by atoms with Gasteiger partial charge in [-0.2, -0.15) is 0 Å². The number of benzene rings is 2. The number of halogens is 2. The van der Waals surface area contributed by atoms with E-state index in [-0.39, 0.29) is 17.7 Å². The van der Waals surface area contributed by atoms with Gasteiger partial charge in [0.15, 0.2) is 0 Å². The van der Waals surface area contributed by atoms with Gasteiger partial charge in [-0.1, -0.05) is 24.3 Å². The summed E-state index contributed by atoms with van der Waals surface area (Å²) < 4.78 is 26.5. The Morgan fingerprint density at radius 1 is 1.26 bits per heavy atom. The molecule has 1 aliphatic carbocycles. The molecular weight excluding hydrogens is 316 g/mol. The average Bonchev–Trinajstić information content (AvgIpc) is 2.97. The van der Waals surface area contributed by atoms with Gasteiger partial charge in [0.05, 0.1) is 11.8 Å². The molecule has 1 atom stereocenters. The number of fused-ring (bicyclic) bond motifs is 1. The quantitative estimate of drug-likeness (QED) is 0.782. The molecular formula is C18H17F2NOS. The number of hydrogen-bond acceptors (Lipinski definition) is 2. The van der Waals surface area contributed by atoms with Crippen molar-refractivity contribution in [3.63, 3.8) is 0 Å². The van der Waals surface area contributed by atoms with Crippen molar-refractivity contribution in [2.24, 2.45) is 0 Å². The monoisotopic (exact) mass is 333 g/mol. The topological polar surface area (TPSA) is 20.3 Å². The molecule has 23 heavy (non-hydrogen) atoms. The van der Waals surface area contributed by atoms with Crippen LogP contribution in [0.5, 0.6) is 0 Å². The molecule has 0 aliphatic heterocycles. The zero-order valence-electron chi connectivity index (χ0n) is 12.8. The lowest BCUT2D eigenvalue weighted by Crippen LogP contribution is -2.31. The van der Waals surface area contributed by atoms with Crippen LogP contribution < -0.4 is 0 Å². The van der Waals surface area contributed by atoms with E-state index in [9.17, 15) is 13.6 Å². The SMILES string of the molecule is CN(C(=O)CSc1ccc(F)cc1F)[C@@H]1CCc2ccccc21. The Bertz CT molecular complexity index is 735. The summed E-state index contributed by atoms with van der Waals surface area (Å²) in [6.07, 6.45) is 1.88. The van der Waals surface area contributed by atoms with Crippen molar-refractivity contribution in [3.05, 3.63) is 65.2 Å². The largest absolute Gasteiger partial charge is 0.338 e. The van der Waals surface area contributed by atoms with Gasteiger partial charge in [-0.3, -0.25) is 4.79 Å². The fourth-order valence-corrected chi connectivity index (χ4v) is 3.79. The lowest BCUT2D eigenvalue weighted by Gasteiger charge is -2.25. The average molecular weight is 333 g/mol. The highest BCUT2D eigenvalue weighted by Gasteiger charge is 2.28. The summed E-state index contributed by atoms with van der Waals surface area (Å²) >= 11 is 1.10. The highest BCUT2D eigenvalue weighted by atomic mass is 32.2. The Kier molecular flexibility index (Phi) is 4.66. The molecule has 0 saturated heterocycles. The summed E-state index contributed by atoms with van der Waals surface area (Å²) in [5, 5.41) is 0. The standard InChI is InChI=1S/C18H17F2NOS/c1-21(16-8-6-12-4-2-3-5-14(12)16)18(22)11-23-17-9-7-13(19)10-15(17)20/h2-5,7,9-10,16H,6,8,11H2,1H3/t16-/m1/s1. The highest BCUT2D eigenvalue weighted by Crippen LogP contribution is 2.35. The molecule has 2 aromatic carbocycles. The van der Waals surface area contributed by atoms with Crippen molar-refractivity contribution in [1.82, 2.24) is 4.90 Å². The van der Waals surface area contributed by atoms with E-state index in [1.807, 2.05) is 12.1 Å². The van der Waals surface area contributed by atoms with Crippen LogP contribution in [0.2, 0.25) is 0 Å². The number of carbonyl (C=O) groups is 1. The highest BCUT2D eigenvalue weighted by molar-refractivity contribution is 8.00. The number of nitrogens with zero attached hydrogens (tertiary/aromatic N) is 1. The predicted molar refractivity (Wildman–Crippen MR) is 87.4 cm³/mol. The summed E-state index contributed by atoms with van der Waals surface area (Å²) in [6.45, 7) is 0. The molecule has 2 aromatic rings. The summed E-state index contributed by atoms with van der Waals surface area (Å²) in [6, 6.07) is 11.6. The maximum atomic E-state index is 13.6. The molecule has 2 nitrogen and oxygen atoms in total. The van der Waals surface area contributed by atoms with Gasteiger partial charge in [-0.05, 0) is 36.1 Å². The summed E-state index contributed by atoms with van der Waals surface area (Å²) in [4.78, 5) is 14.4. The molecule has 0 saturated carbocycles. The molecule has 1 amide bonds. The van der Waals surface area contributed by atoms with E-state index < -0.39 is 11.6 Å². The van der Waals surface area contributed by atoms with Crippen LogP contribution >= 0.6 is 11.8 Å². The molecule has 0 aromatic heterocycles. The van der Waals surface area contributed by atoms with Crippen LogP contribution in [0.1, 0.15) is 23.6 Å². The van der Waals surface area contributed by atoms with E-state index in [1.54, 1.807) is 11.9 Å². The molecule has 0 fully saturated rings. The Balaban J connectivity index is 1.65. The van der Waals surface area contributed by atoms with Gasteiger partial charge in [0.1, 0.15) is 11.6 Å². The predicted octanol–water partition coefficient (Wildman–Crippen LogP) is 4.20. The van der Waals surface area contributed by atoms with Gasteiger partial charge in [-0.15, -0.1) is 11.8 Å². The van der Waals surface area contributed by atoms with Gasteiger partial charge in [0.2, 0.25) is 5.91 Å². The van der Waals surface area contributed by atoms with Crippen LogP contribution in [0.4, 0.5) is 8.78 Å². The van der Waals surface area contributed by atoms with Crippen molar-refractivity contribution in [3.8, 4) is 0 Å². The number of rotatable bonds is 4. The summed E-state index contributed by atoms with van der Waals surface area (Å²) in [7, 11) is 1.79. The molecule has 0 spiro atoms. The van der Waals surface area contributed by atoms with Gasteiger partial charge in [0.25, 0.3) is 0 Å². The van der Waals surface area contributed by atoms with Crippen molar-refractivity contribution >= 4 is 17.7 Å². The van der Waals surface area contributed by atoms with Gasteiger partial charge in [0, 0.05) is 18.0 Å². The van der Waals surface area contributed by atoms with E-state index in [0.29, 0.717) is 4.90 Å². The van der Waals surface area contributed by atoms with E-state index in [0.717, 1.165) is 30.7 Å². The van der Waals surface area contributed by atoms with Gasteiger partial charge < -0.3 is 4.90 Å². The van der Waals surface area contributed by atoms with Gasteiger partial charge in [-0.25, -0.2) is 8.78 Å². The van der Waals surface area contributed by atoms with Crippen LogP contribution in [-0.2, 0) is 11.2 Å². The molecule has 0 heterocycles. The Hall–Kier alpha value is -1.88. The van der Waals surface area contributed by atoms with E-state index in [2.05, 4.69) is 12.1 Å². The molecule has 120 valence electrons. The van der Waals surface area contributed by atoms with E-state index >= 15 is 0 Å². The van der Waals surface area contributed by atoms with E-state index in [4.69, 9.17) is 0 Å². The van der Waals surface area contributed by atoms with E-state index in [1.165, 1.54) is 23.3 Å². The second kappa shape index (κ2) is 6.71. The Labute approximate surface area is 138 Å². The number of aryl methyl sites for hydroxylation is 1. The fraction of sp³-hybridized carbons (Fsp3) is 0.278. The Morgan fingerprint density at radius 2 is 2.04 bits per heavy atom. The van der Waals surface area contributed by atoms with Crippen molar-refractivity contribution < 1.29 is 13.6 Å². The van der Waals surface area contributed by atoms with Crippen molar-refractivity contribution in [2.45, 2.75) is 23.8 Å². The van der Waals surface area contributed by atoms with Gasteiger partial charge >= 0.3 is 0 Å². The van der Waals surface area contributed by atoms with Crippen LogP contribution in [-0.4, -0.2) is 23.6 Å². The minimum absolute atomic E-state index is 0.0552. The Morgan fingerprint density at radius 3 is 2.83 bits per heavy atom.